The van der Waals surface area contributed by atoms with Crippen molar-refractivity contribution in [2.24, 2.45) is 0 Å². The number of hydrogen-bond acceptors (Lipinski definition) is 5. The number of ether oxygens (including phenoxy) is 1. The largest absolute Gasteiger partial charge is 0.489 e. The first-order valence-corrected chi connectivity index (χ1v) is 7.71. The second-order valence-corrected chi connectivity index (χ2v) is 6.15. The fraction of sp³-hybridized carbons (Fsp3) is 0.429. The van der Waals surface area contributed by atoms with Crippen molar-refractivity contribution in [1.82, 2.24) is 14.8 Å². The van der Waals surface area contributed by atoms with Gasteiger partial charge in [0.1, 0.15) is 11.9 Å². The molecule has 1 aromatic carbocycles. The fourth-order valence-corrected chi connectivity index (χ4v) is 3.45. The highest BCUT2D eigenvalue weighted by Gasteiger charge is 2.23. The Morgan fingerprint density at radius 2 is 2.20 bits per heavy atom. The molecule has 0 fully saturated rings. The molecule has 1 aliphatic heterocycles. The molecule has 2 N–H and O–H groups in total. The van der Waals surface area contributed by atoms with Crippen LogP contribution >= 0.6 is 11.8 Å². The Kier molecular flexibility index (Phi) is 3.56. The zero-order chi connectivity index (χ0) is 14.1. The number of nitrogens with two attached hydrogens (primary N) is 1. The molecule has 0 aliphatic carbocycles. The summed E-state index contributed by atoms with van der Waals surface area (Å²) in [7, 11) is 0. The molecule has 0 bridgehead atoms. The summed E-state index contributed by atoms with van der Waals surface area (Å²) in [5.74, 6) is 2.32. The summed E-state index contributed by atoms with van der Waals surface area (Å²) in [5, 5.41) is 8.95. The molecule has 2 aromatic rings. The summed E-state index contributed by atoms with van der Waals surface area (Å²) >= 11 is 1.65. The molecule has 5 nitrogen and oxygen atoms in total. The maximum Gasteiger partial charge on any atom is 0.222 e. The van der Waals surface area contributed by atoms with Gasteiger partial charge in [-0.2, -0.15) is 0 Å². The van der Waals surface area contributed by atoms with Crippen molar-refractivity contribution in [2.45, 2.75) is 37.6 Å². The first-order chi connectivity index (χ1) is 9.65. The molecule has 20 heavy (non-hydrogen) atoms. The topological polar surface area (TPSA) is 66.0 Å². The number of anilines is 1. The van der Waals surface area contributed by atoms with Crippen LogP contribution in [0, 0.1) is 0 Å². The van der Waals surface area contributed by atoms with Gasteiger partial charge in [0.05, 0.1) is 0 Å². The Bertz CT molecular complexity index is 586. The Hall–Kier alpha value is -1.69. The van der Waals surface area contributed by atoms with Gasteiger partial charge in [0.25, 0.3) is 0 Å². The quantitative estimate of drug-likeness (QED) is 0.877. The molecule has 6 heteroatoms. The molecule has 1 aliphatic rings. The van der Waals surface area contributed by atoms with Crippen LogP contribution in [0.5, 0.6) is 5.75 Å². The van der Waals surface area contributed by atoms with Crippen molar-refractivity contribution >= 4 is 17.7 Å². The van der Waals surface area contributed by atoms with Gasteiger partial charge in [0.15, 0.2) is 5.16 Å². The normalized spacial score (nSPS) is 17.2. The molecule has 2 heterocycles. The summed E-state index contributed by atoms with van der Waals surface area (Å²) in [6, 6.07) is 8.45. The number of para-hydroxylation sites is 1. The highest BCUT2D eigenvalue weighted by molar-refractivity contribution is 7.99. The van der Waals surface area contributed by atoms with Crippen molar-refractivity contribution in [1.29, 1.82) is 0 Å². The molecule has 1 aromatic heterocycles. The van der Waals surface area contributed by atoms with Gasteiger partial charge in [-0.3, -0.25) is 4.57 Å². The van der Waals surface area contributed by atoms with Gasteiger partial charge in [-0.15, -0.1) is 10.2 Å². The molecule has 0 spiro atoms. The van der Waals surface area contributed by atoms with E-state index in [0.717, 1.165) is 23.1 Å². The van der Waals surface area contributed by atoms with Gasteiger partial charge in [-0.25, -0.2) is 0 Å². The van der Waals surface area contributed by atoms with Crippen molar-refractivity contribution in [3.05, 3.63) is 29.8 Å². The lowest BCUT2D eigenvalue weighted by atomic mass is 10.1. The van der Waals surface area contributed by atoms with Crippen molar-refractivity contribution in [2.75, 3.05) is 11.5 Å². The first-order valence-electron chi connectivity index (χ1n) is 6.73. The third-order valence-electron chi connectivity index (χ3n) is 3.32. The molecule has 3 rings (SSSR count). The van der Waals surface area contributed by atoms with E-state index in [1.54, 1.807) is 11.8 Å². The molecule has 106 valence electrons. The lowest BCUT2D eigenvalue weighted by Crippen LogP contribution is -2.16. The molecular weight excluding hydrogens is 272 g/mol. The van der Waals surface area contributed by atoms with Crippen LogP contribution in [-0.4, -0.2) is 26.6 Å². The van der Waals surface area contributed by atoms with E-state index in [-0.39, 0.29) is 12.1 Å². The van der Waals surface area contributed by atoms with Crippen LogP contribution in [0.2, 0.25) is 0 Å². The van der Waals surface area contributed by atoms with Gasteiger partial charge in [0.2, 0.25) is 5.95 Å². The number of thioether (sulfide) groups is 1. The predicted molar refractivity (Wildman–Crippen MR) is 80.1 cm³/mol. The summed E-state index contributed by atoms with van der Waals surface area (Å²) < 4.78 is 7.88. The zero-order valence-electron chi connectivity index (χ0n) is 11.6. The van der Waals surface area contributed by atoms with Gasteiger partial charge in [0, 0.05) is 18.2 Å². The van der Waals surface area contributed by atoms with Crippen LogP contribution in [0.3, 0.4) is 0 Å². The average Bonchev–Trinajstić information content (AvgIpc) is 2.99. The minimum atomic E-state index is 0.191. The number of benzene rings is 1. The van der Waals surface area contributed by atoms with Gasteiger partial charge in [-0.1, -0.05) is 30.0 Å². The predicted octanol–water partition coefficient (Wildman–Crippen LogP) is 2.54. The van der Waals surface area contributed by atoms with Crippen LogP contribution in [-0.2, 0) is 6.42 Å². The molecule has 0 radical (unpaired) electrons. The number of rotatable bonds is 4. The average molecular weight is 290 g/mol. The minimum Gasteiger partial charge on any atom is -0.489 e. The summed E-state index contributed by atoms with van der Waals surface area (Å²) in [4.78, 5) is 0. The second-order valence-electron chi connectivity index (χ2n) is 5.17. The smallest absolute Gasteiger partial charge is 0.222 e. The van der Waals surface area contributed by atoms with Crippen molar-refractivity contribution in [3.8, 4) is 5.75 Å². The number of nitrogen functional groups attached to an aromatic ring is 1. The van der Waals surface area contributed by atoms with Crippen LogP contribution in [0.15, 0.2) is 29.4 Å². The van der Waals surface area contributed by atoms with Crippen LogP contribution in [0.25, 0.3) is 0 Å². The van der Waals surface area contributed by atoms with E-state index in [1.165, 1.54) is 5.56 Å². The molecule has 0 amide bonds. The lowest BCUT2D eigenvalue weighted by Gasteiger charge is -2.13. The van der Waals surface area contributed by atoms with Gasteiger partial charge in [-0.05, 0) is 25.5 Å². The van der Waals surface area contributed by atoms with Crippen LogP contribution in [0.4, 0.5) is 5.95 Å². The summed E-state index contributed by atoms with van der Waals surface area (Å²) in [6.45, 7) is 4.15. The van der Waals surface area contributed by atoms with Gasteiger partial charge < -0.3 is 10.5 Å². The van der Waals surface area contributed by atoms with Crippen molar-refractivity contribution < 1.29 is 4.74 Å². The van der Waals surface area contributed by atoms with Crippen LogP contribution < -0.4 is 10.5 Å². The SMILES string of the molecule is CC(C)n1c(N)nnc1SCC1Cc2ccccc2O1. The first kappa shape index (κ1) is 13.3. The summed E-state index contributed by atoms with van der Waals surface area (Å²) in [6.07, 6.45) is 1.14. The maximum atomic E-state index is 5.93. The fourth-order valence-electron chi connectivity index (χ4n) is 2.39. The minimum absolute atomic E-state index is 0.191. The number of nitrogens with zero attached hydrogens (tertiary/aromatic N) is 3. The highest BCUT2D eigenvalue weighted by atomic mass is 32.2. The van der Waals surface area contributed by atoms with E-state index in [1.807, 2.05) is 22.8 Å². The summed E-state index contributed by atoms with van der Waals surface area (Å²) in [5.41, 5.74) is 7.12. The highest BCUT2D eigenvalue weighted by Crippen LogP contribution is 2.31. The van der Waals surface area contributed by atoms with E-state index in [9.17, 15) is 0 Å². The Labute approximate surface area is 122 Å². The number of hydrogen-bond donors (Lipinski definition) is 1. The molecule has 0 saturated carbocycles. The molecule has 0 saturated heterocycles. The van der Waals surface area contributed by atoms with Crippen LogP contribution in [0.1, 0.15) is 25.5 Å². The Morgan fingerprint density at radius 3 is 2.95 bits per heavy atom. The molecule has 1 unspecified atom stereocenters. The standard InChI is InChI=1S/C14H18N4OS/c1-9(2)18-13(15)16-17-14(18)20-8-11-7-10-5-3-4-6-12(10)19-11/h3-6,9,11H,7-8H2,1-2H3,(H2,15,16). The van der Waals surface area contributed by atoms with Crippen molar-refractivity contribution in [3.63, 3.8) is 0 Å². The van der Waals surface area contributed by atoms with E-state index >= 15 is 0 Å². The van der Waals surface area contributed by atoms with E-state index in [4.69, 9.17) is 10.5 Å². The molecule has 1 atom stereocenters. The third kappa shape index (κ3) is 2.47. The van der Waals surface area contributed by atoms with E-state index in [0.29, 0.717) is 5.95 Å². The Morgan fingerprint density at radius 1 is 1.40 bits per heavy atom. The zero-order valence-corrected chi connectivity index (χ0v) is 12.4. The van der Waals surface area contributed by atoms with E-state index < -0.39 is 0 Å². The molecular formula is C14H18N4OS. The maximum absolute atomic E-state index is 5.93. The second kappa shape index (κ2) is 5.36. The number of fused-ring (bicyclic) bond motifs is 1. The lowest BCUT2D eigenvalue weighted by molar-refractivity contribution is 0.259. The van der Waals surface area contributed by atoms with E-state index in [2.05, 4.69) is 30.1 Å². The Balaban J connectivity index is 1.65. The number of aromatic nitrogens is 3. The monoisotopic (exact) mass is 290 g/mol. The van der Waals surface area contributed by atoms with Gasteiger partial charge >= 0.3 is 0 Å². The third-order valence-corrected chi connectivity index (χ3v) is 4.39.